The summed E-state index contributed by atoms with van der Waals surface area (Å²) < 4.78 is 15.7. The number of halogens is 1. The fourth-order valence-electron chi connectivity index (χ4n) is 4.85. The van der Waals surface area contributed by atoms with E-state index in [1.165, 1.54) is 36.0 Å². The summed E-state index contributed by atoms with van der Waals surface area (Å²) in [6, 6.07) is 30.3. The highest BCUT2D eigenvalue weighted by Gasteiger charge is 2.42. The topological polar surface area (TPSA) is 76.2 Å². The SMILES string of the molecule is O=[N+]([O-])c1ccc(Sc2ccc(N3C(=S)N[C@@H](c4ccccn4)[C@H]3c3cccn3-c3ccc(F)cc3)cc2)cc1. The minimum atomic E-state index is -0.405. The number of nitro benzene ring substituents is 1. The van der Waals surface area contributed by atoms with E-state index < -0.39 is 4.92 Å². The average Bonchev–Trinajstić information content (AvgIpc) is 3.59. The van der Waals surface area contributed by atoms with Gasteiger partial charge in [0, 0.05) is 51.4 Å². The number of rotatable bonds is 7. The number of thiocarbonyl (C=S) groups is 1. The number of pyridine rings is 1. The van der Waals surface area contributed by atoms with Crippen molar-refractivity contribution in [3.8, 4) is 5.69 Å². The van der Waals surface area contributed by atoms with Crippen molar-refractivity contribution in [3.05, 3.63) is 143 Å². The maximum Gasteiger partial charge on any atom is 0.269 e. The van der Waals surface area contributed by atoms with Gasteiger partial charge in [0.2, 0.25) is 0 Å². The average molecular weight is 568 g/mol. The molecule has 1 N–H and O–H groups in total. The van der Waals surface area contributed by atoms with E-state index in [1.54, 1.807) is 30.5 Å². The number of hydrogen-bond acceptors (Lipinski definition) is 5. The molecular formula is C30H22FN5O2S2. The maximum atomic E-state index is 13.7. The molecule has 3 aromatic carbocycles. The monoisotopic (exact) mass is 567 g/mol. The van der Waals surface area contributed by atoms with Gasteiger partial charge in [0.05, 0.1) is 16.7 Å². The molecule has 0 bridgehead atoms. The zero-order valence-electron chi connectivity index (χ0n) is 20.9. The van der Waals surface area contributed by atoms with E-state index in [4.69, 9.17) is 12.2 Å². The Kier molecular flexibility index (Phi) is 7.02. The van der Waals surface area contributed by atoms with Crippen LogP contribution in [0, 0.1) is 15.9 Å². The molecule has 1 aliphatic rings. The van der Waals surface area contributed by atoms with Gasteiger partial charge in [0.15, 0.2) is 5.11 Å². The Hall–Kier alpha value is -4.54. The van der Waals surface area contributed by atoms with Crippen LogP contribution in [0.1, 0.15) is 23.5 Å². The van der Waals surface area contributed by atoms with Crippen LogP contribution in [0.15, 0.2) is 125 Å². The van der Waals surface area contributed by atoms with Gasteiger partial charge in [0.1, 0.15) is 11.9 Å². The summed E-state index contributed by atoms with van der Waals surface area (Å²) in [5.41, 5.74) is 3.64. The van der Waals surface area contributed by atoms with E-state index in [0.717, 1.165) is 32.6 Å². The first kappa shape index (κ1) is 25.7. The molecule has 0 saturated carbocycles. The Morgan fingerprint density at radius 3 is 2.20 bits per heavy atom. The van der Waals surface area contributed by atoms with Gasteiger partial charge in [-0.15, -0.1) is 0 Å². The van der Waals surface area contributed by atoms with Crippen LogP contribution in [0.4, 0.5) is 15.8 Å². The number of anilines is 1. The van der Waals surface area contributed by atoms with Gasteiger partial charge in [-0.05, 0) is 97.1 Å². The third kappa shape index (κ3) is 5.06. The van der Waals surface area contributed by atoms with Crippen LogP contribution in [-0.4, -0.2) is 19.6 Å². The van der Waals surface area contributed by atoms with Gasteiger partial charge < -0.3 is 14.8 Å². The molecule has 2 aromatic heterocycles. The molecule has 0 aliphatic carbocycles. The molecule has 6 rings (SSSR count). The highest BCUT2D eigenvalue weighted by atomic mass is 32.2. The molecule has 2 atom stereocenters. The molecule has 0 spiro atoms. The molecule has 7 nitrogen and oxygen atoms in total. The molecule has 5 aromatic rings. The molecule has 0 unspecified atom stereocenters. The molecule has 1 saturated heterocycles. The van der Waals surface area contributed by atoms with Gasteiger partial charge in [-0.1, -0.05) is 17.8 Å². The summed E-state index contributed by atoms with van der Waals surface area (Å²) in [7, 11) is 0. The Morgan fingerprint density at radius 1 is 0.875 bits per heavy atom. The van der Waals surface area contributed by atoms with Crippen molar-refractivity contribution in [2.75, 3.05) is 4.90 Å². The van der Waals surface area contributed by atoms with E-state index >= 15 is 0 Å². The summed E-state index contributed by atoms with van der Waals surface area (Å²) >= 11 is 7.39. The first-order valence-corrected chi connectivity index (χ1v) is 13.7. The van der Waals surface area contributed by atoms with Gasteiger partial charge in [-0.25, -0.2) is 4.39 Å². The Balaban J connectivity index is 1.35. The van der Waals surface area contributed by atoms with Crippen molar-refractivity contribution in [1.29, 1.82) is 0 Å². The Bertz CT molecular complexity index is 1660. The minimum Gasteiger partial charge on any atom is -0.351 e. The summed E-state index contributed by atoms with van der Waals surface area (Å²) in [5, 5.41) is 15.0. The fraction of sp³-hybridized carbons (Fsp3) is 0.0667. The van der Waals surface area contributed by atoms with Gasteiger partial charge in [0.25, 0.3) is 5.69 Å². The number of hydrogen-bond donors (Lipinski definition) is 1. The van der Waals surface area contributed by atoms with E-state index in [0.29, 0.717) is 5.11 Å². The second-order valence-corrected chi connectivity index (χ2v) is 10.7. The molecule has 0 amide bonds. The third-order valence-electron chi connectivity index (χ3n) is 6.68. The zero-order valence-corrected chi connectivity index (χ0v) is 22.6. The van der Waals surface area contributed by atoms with Crippen molar-refractivity contribution in [2.45, 2.75) is 21.9 Å². The van der Waals surface area contributed by atoms with Gasteiger partial charge in [-0.3, -0.25) is 15.1 Å². The lowest BCUT2D eigenvalue weighted by molar-refractivity contribution is -0.384. The first-order chi connectivity index (χ1) is 19.5. The molecule has 1 aliphatic heterocycles. The lowest BCUT2D eigenvalue weighted by atomic mass is 10.0. The normalized spacial score (nSPS) is 16.6. The van der Waals surface area contributed by atoms with Gasteiger partial charge >= 0.3 is 0 Å². The molecule has 1 fully saturated rings. The second kappa shape index (κ2) is 10.9. The second-order valence-electron chi connectivity index (χ2n) is 9.12. The van der Waals surface area contributed by atoms with Crippen LogP contribution < -0.4 is 10.2 Å². The Labute approximate surface area is 239 Å². The summed E-state index contributed by atoms with van der Waals surface area (Å²) in [4.78, 5) is 19.2. The first-order valence-electron chi connectivity index (χ1n) is 12.4. The van der Waals surface area contributed by atoms with Crippen molar-refractivity contribution in [1.82, 2.24) is 14.9 Å². The zero-order chi connectivity index (χ0) is 27.6. The van der Waals surface area contributed by atoms with Crippen LogP contribution in [0.25, 0.3) is 5.69 Å². The number of nitrogens with one attached hydrogen (secondary N) is 1. The quantitative estimate of drug-likeness (QED) is 0.126. The van der Waals surface area contributed by atoms with Crippen molar-refractivity contribution >= 4 is 40.5 Å². The third-order valence-corrected chi connectivity index (χ3v) is 8.01. The summed E-state index contributed by atoms with van der Waals surface area (Å²) in [6.07, 6.45) is 3.73. The summed E-state index contributed by atoms with van der Waals surface area (Å²) in [6.45, 7) is 0. The van der Waals surface area contributed by atoms with Crippen molar-refractivity contribution < 1.29 is 9.31 Å². The molecule has 40 heavy (non-hydrogen) atoms. The van der Waals surface area contributed by atoms with Gasteiger partial charge in [-0.2, -0.15) is 0 Å². The predicted octanol–water partition coefficient (Wildman–Crippen LogP) is 7.25. The van der Waals surface area contributed by atoms with E-state index in [2.05, 4.69) is 15.2 Å². The fourth-order valence-corrected chi connectivity index (χ4v) is 6.01. The molecule has 10 heteroatoms. The maximum absolute atomic E-state index is 13.7. The highest BCUT2D eigenvalue weighted by Crippen LogP contribution is 2.43. The lowest BCUT2D eigenvalue weighted by Crippen LogP contribution is -2.30. The van der Waals surface area contributed by atoms with E-state index in [9.17, 15) is 14.5 Å². The van der Waals surface area contributed by atoms with Crippen LogP contribution >= 0.6 is 24.0 Å². The summed E-state index contributed by atoms with van der Waals surface area (Å²) in [5.74, 6) is -0.291. The van der Waals surface area contributed by atoms with E-state index in [-0.39, 0.29) is 23.6 Å². The number of non-ortho nitro benzene ring substituents is 1. The van der Waals surface area contributed by atoms with E-state index in [1.807, 2.05) is 65.4 Å². The number of benzene rings is 3. The van der Waals surface area contributed by atoms with Crippen LogP contribution in [-0.2, 0) is 0 Å². The predicted molar refractivity (Wildman–Crippen MR) is 157 cm³/mol. The molecular weight excluding hydrogens is 545 g/mol. The molecule has 0 radical (unpaired) electrons. The number of aromatic nitrogens is 2. The van der Waals surface area contributed by atoms with Crippen LogP contribution in [0.2, 0.25) is 0 Å². The lowest BCUT2D eigenvalue weighted by Gasteiger charge is -2.29. The minimum absolute atomic E-state index is 0.0635. The van der Waals surface area contributed by atoms with Crippen molar-refractivity contribution in [2.24, 2.45) is 0 Å². The smallest absolute Gasteiger partial charge is 0.269 e. The number of nitro groups is 1. The largest absolute Gasteiger partial charge is 0.351 e. The molecule has 198 valence electrons. The van der Waals surface area contributed by atoms with Crippen LogP contribution in [0.3, 0.4) is 0 Å². The Morgan fingerprint density at radius 2 is 1.55 bits per heavy atom. The van der Waals surface area contributed by atoms with Crippen LogP contribution in [0.5, 0.6) is 0 Å². The standard InChI is InChI=1S/C30H22FN5O2S2/c31-20-6-8-21(9-7-20)34-19-3-5-27(34)29-28(26-4-1-2-18-32-26)33-30(39)35(29)22-10-14-24(15-11-22)40-25-16-12-23(13-17-25)36(37)38/h1-19,28-29H,(H,33,39)/t28-,29+/m0/s1. The number of nitrogens with zero attached hydrogens (tertiary/aromatic N) is 4. The van der Waals surface area contributed by atoms with Crippen molar-refractivity contribution in [3.63, 3.8) is 0 Å². The highest BCUT2D eigenvalue weighted by molar-refractivity contribution is 7.99. The molecule has 3 heterocycles.